The molecule has 0 fully saturated rings. The van der Waals surface area contributed by atoms with Gasteiger partial charge in [-0.15, -0.1) is 0 Å². The second-order valence-electron chi connectivity index (χ2n) is 22.7. The van der Waals surface area contributed by atoms with Gasteiger partial charge < -0.3 is 49.6 Å². The van der Waals surface area contributed by atoms with E-state index in [1.54, 1.807) is 62.0 Å². The van der Waals surface area contributed by atoms with E-state index in [0.29, 0.717) is 31.6 Å². The van der Waals surface area contributed by atoms with Gasteiger partial charge in [0.15, 0.2) is 0 Å². The van der Waals surface area contributed by atoms with Gasteiger partial charge in [-0.2, -0.15) is 0 Å². The smallest absolute Gasteiger partial charge is 0.423 e. The first-order valence-electron chi connectivity index (χ1n) is 30.6. The summed E-state index contributed by atoms with van der Waals surface area (Å²) >= 11 is 3.52. The Labute approximate surface area is 564 Å². The summed E-state index contributed by atoms with van der Waals surface area (Å²) in [7, 11) is -1.38. The van der Waals surface area contributed by atoms with Gasteiger partial charge in [0, 0.05) is 190 Å². The average Bonchev–Trinajstić information content (AvgIpc) is 1.61. The van der Waals surface area contributed by atoms with E-state index < -0.39 is 7.12 Å². The van der Waals surface area contributed by atoms with Gasteiger partial charge in [-0.05, 0) is 170 Å². The first-order chi connectivity index (χ1) is 48.0. The predicted molar refractivity (Wildman–Crippen MR) is 368 cm³/mol. The highest BCUT2D eigenvalue weighted by Crippen LogP contribution is 2.35. The van der Waals surface area contributed by atoms with E-state index in [4.69, 9.17) is 10.0 Å². The SMILES string of the molecule is O=C1NCc2cc(-n3cc(-c4ccncc4)c4cncnc43)ccc21.O=C1NCc2cc(-n3cc(-c4ccncc4)c4cncnc43)ccc21.O=C1NCc2cc(-n3cc(Br)c4cncnc43)ccc21.O=C1NCc2cc(-n3ccc4cncnc43)ccc21.OB(O)c1ccncc1. The summed E-state index contributed by atoms with van der Waals surface area (Å²) in [6.45, 7) is 2.30. The van der Waals surface area contributed by atoms with Gasteiger partial charge in [0.2, 0.25) is 0 Å². The maximum atomic E-state index is 11.8. The highest BCUT2D eigenvalue weighted by molar-refractivity contribution is 9.10. The molecule has 11 aromatic heterocycles. The maximum Gasteiger partial charge on any atom is 0.488 e. The zero-order chi connectivity index (χ0) is 66.8. The van der Waals surface area contributed by atoms with E-state index in [9.17, 15) is 19.2 Å². The van der Waals surface area contributed by atoms with Crippen molar-refractivity contribution < 1.29 is 29.2 Å². The summed E-state index contributed by atoms with van der Waals surface area (Å²) in [5.74, 6) is -0.0360. The Bertz CT molecular complexity index is 5410. The zero-order valence-electron chi connectivity index (χ0n) is 51.4. The van der Waals surface area contributed by atoms with Gasteiger partial charge in [0.05, 0.1) is 5.39 Å². The van der Waals surface area contributed by atoms with Crippen molar-refractivity contribution in [2.75, 3.05) is 0 Å². The van der Waals surface area contributed by atoms with E-state index in [0.717, 1.165) is 138 Å². The van der Waals surface area contributed by atoms with Gasteiger partial charge in [-0.1, -0.05) is 0 Å². The largest absolute Gasteiger partial charge is 0.488 e. The third kappa shape index (κ3) is 12.0. The number of hydrogen-bond acceptors (Lipinski definition) is 17. The van der Waals surface area contributed by atoms with Crippen LogP contribution in [-0.4, -0.2) is 114 Å². The molecule has 0 unspecified atom stereocenters. The minimum atomic E-state index is -1.38. The first-order valence-corrected chi connectivity index (χ1v) is 31.4. The zero-order valence-corrected chi connectivity index (χ0v) is 53.0. The number of halogens is 1. The molecular formula is C71H51BBrN19O6. The van der Waals surface area contributed by atoms with Crippen molar-refractivity contribution in [3.05, 3.63) is 276 Å². The lowest BCUT2D eigenvalue weighted by molar-refractivity contribution is 0.0957. The van der Waals surface area contributed by atoms with Gasteiger partial charge in [-0.3, -0.25) is 34.1 Å². The van der Waals surface area contributed by atoms with Crippen LogP contribution in [0.1, 0.15) is 63.7 Å². The summed E-state index contributed by atoms with van der Waals surface area (Å²) in [5, 5.41) is 32.4. The van der Waals surface area contributed by atoms with Crippen LogP contribution in [0.15, 0.2) is 232 Å². The quantitative estimate of drug-likeness (QED) is 0.0817. The minimum Gasteiger partial charge on any atom is -0.423 e. The number of aromatic nitrogens is 15. The Hall–Kier alpha value is -12.8. The molecular weight excluding hydrogens is 1310 g/mol. The highest BCUT2D eigenvalue weighted by Gasteiger charge is 2.25. The van der Waals surface area contributed by atoms with Crippen LogP contribution < -0.4 is 26.7 Å². The Morgan fingerprint density at radius 2 is 0.714 bits per heavy atom. The third-order valence-corrected chi connectivity index (χ3v) is 17.5. The number of benzene rings is 4. The van der Waals surface area contributed by atoms with Gasteiger partial charge in [-0.25, -0.2) is 39.9 Å². The summed E-state index contributed by atoms with van der Waals surface area (Å²) in [6, 6.07) is 36.3. The van der Waals surface area contributed by atoms with Crippen LogP contribution in [0.4, 0.5) is 0 Å². The van der Waals surface area contributed by atoms with Crippen molar-refractivity contribution in [1.82, 2.24) is 94.4 Å². The molecule has 0 bridgehead atoms. The number of pyridine rings is 3. The lowest BCUT2D eigenvalue weighted by atomic mass is 9.81. The fourth-order valence-electron chi connectivity index (χ4n) is 12.1. The van der Waals surface area contributed by atoms with Crippen LogP contribution in [-0.2, 0) is 26.2 Å². The van der Waals surface area contributed by atoms with E-state index in [1.165, 1.54) is 25.0 Å². The van der Waals surface area contributed by atoms with E-state index in [2.05, 4.69) is 104 Å². The molecule has 98 heavy (non-hydrogen) atoms. The molecule has 15 heterocycles. The minimum absolute atomic E-state index is 0.00115. The number of nitrogens with zero attached hydrogens (tertiary/aromatic N) is 15. The second kappa shape index (κ2) is 26.5. The Balaban J connectivity index is 0.000000103. The predicted octanol–water partition coefficient (Wildman–Crippen LogP) is 8.30. The van der Waals surface area contributed by atoms with Crippen LogP contribution >= 0.6 is 15.9 Å². The molecule has 19 rings (SSSR count). The molecule has 0 spiro atoms. The van der Waals surface area contributed by atoms with E-state index in [1.807, 2.05) is 146 Å². The van der Waals surface area contributed by atoms with Crippen molar-refractivity contribution in [1.29, 1.82) is 0 Å². The molecule has 4 aromatic carbocycles. The molecule has 4 aliphatic rings. The number of fused-ring (bicyclic) bond motifs is 8. The first kappa shape index (κ1) is 61.3. The lowest BCUT2D eigenvalue weighted by Gasteiger charge is -2.06. The lowest BCUT2D eigenvalue weighted by Crippen LogP contribution is -2.29. The van der Waals surface area contributed by atoms with Gasteiger partial charge in [0.1, 0.15) is 47.9 Å². The van der Waals surface area contributed by atoms with Crippen LogP contribution in [0.3, 0.4) is 0 Å². The van der Waals surface area contributed by atoms with Gasteiger partial charge in [0.25, 0.3) is 23.6 Å². The van der Waals surface area contributed by atoms with E-state index >= 15 is 0 Å². The average molecular weight is 1360 g/mol. The number of carbonyl (C=O) groups excluding carboxylic acids is 4. The number of rotatable bonds is 7. The van der Waals surface area contributed by atoms with E-state index in [-0.39, 0.29) is 23.6 Å². The molecule has 15 aromatic rings. The Kier molecular flexibility index (Phi) is 16.6. The Morgan fingerprint density at radius 1 is 0.367 bits per heavy atom. The maximum absolute atomic E-state index is 11.8. The standard InChI is InChI=1S/2C19H13N5O.C14H9BrN4O.C14H10N4O.C5H6BNO2/c2*25-19-15-2-1-14(7-13(15)8-22-19)24-10-17(12-3-5-20-6-4-12)16-9-21-11-23-18(16)24;15-12-6-19(13-11(12)5-16-7-18-13)9-1-2-10-8(3-9)4-17-14(10)20;19-14-12-2-1-11(5-10(12)7-16-14)18-4-3-9-6-15-8-17-13(9)18;8-6(9)5-1-3-7-4-2-5/h2*1-7,9-11H,8H2,(H,22,25);1-3,5-7H,4H2,(H,17,20);1-6,8H,7H2,(H,16,19);1-4,8-9H. The van der Waals surface area contributed by atoms with Crippen LogP contribution in [0, 0.1) is 0 Å². The molecule has 0 aliphatic carbocycles. The molecule has 0 saturated heterocycles. The summed E-state index contributed by atoms with van der Waals surface area (Å²) in [6.07, 6.45) is 31.5. The van der Waals surface area contributed by atoms with Crippen molar-refractivity contribution in [2.45, 2.75) is 26.2 Å². The monoisotopic (exact) mass is 1360 g/mol. The molecule has 476 valence electrons. The fourth-order valence-corrected chi connectivity index (χ4v) is 12.6. The molecule has 25 nitrogen and oxygen atoms in total. The molecule has 0 atom stereocenters. The van der Waals surface area contributed by atoms with Crippen molar-refractivity contribution in [2.24, 2.45) is 0 Å². The van der Waals surface area contributed by atoms with Gasteiger partial charge >= 0.3 is 7.12 Å². The van der Waals surface area contributed by atoms with Crippen LogP contribution in [0.25, 0.3) is 89.1 Å². The fraction of sp³-hybridized carbons (Fsp3) is 0.0563. The van der Waals surface area contributed by atoms with Crippen molar-refractivity contribution in [3.63, 3.8) is 0 Å². The van der Waals surface area contributed by atoms with Crippen LogP contribution in [0.2, 0.25) is 0 Å². The highest BCUT2D eigenvalue weighted by atomic mass is 79.9. The number of carbonyl (C=O) groups is 4. The molecule has 6 N–H and O–H groups in total. The molecule has 4 aliphatic heterocycles. The molecule has 4 amide bonds. The molecule has 27 heteroatoms. The number of amides is 4. The number of hydrogen-bond donors (Lipinski definition) is 6. The number of nitrogens with one attached hydrogen (secondary N) is 4. The topological polar surface area (TPSA) is 318 Å². The summed E-state index contributed by atoms with van der Waals surface area (Å²) in [4.78, 5) is 92.5. The van der Waals surface area contributed by atoms with Crippen molar-refractivity contribution >= 4 is 96.3 Å². The summed E-state index contributed by atoms with van der Waals surface area (Å²) in [5.41, 5.74) is 19.0. The molecule has 0 saturated carbocycles. The third-order valence-electron chi connectivity index (χ3n) is 16.9. The van der Waals surface area contributed by atoms with Crippen molar-refractivity contribution in [3.8, 4) is 45.0 Å². The summed E-state index contributed by atoms with van der Waals surface area (Å²) < 4.78 is 9.01. The Morgan fingerprint density at radius 3 is 1.11 bits per heavy atom. The van der Waals surface area contributed by atoms with Crippen LogP contribution in [0.5, 0.6) is 0 Å². The molecule has 0 radical (unpaired) electrons. The second-order valence-corrected chi connectivity index (χ2v) is 23.5. The normalized spacial score (nSPS) is 12.9.